The third-order valence-electron chi connectivity index (χ3n) is 8.54. The third-order valence-corrected chi connectivity index (χ3v) is 9.75. The Kier molecular flexibility index (Phi) is 12.9. The van der Waals surface area contributed by atoms with Gasteiger partial charge in [-0.15, -0.1) is 0 Å². The second-order valence-electron chi connectivity index (χ2n) is 12.6. The maximum Gasteiger partial charge on any atom is 0.251 e. The van der Waals surface area contributed by atoms with E-state index in [1.165, 1.54) is 37.4 Å². The van der Waals surface area contributed by atoms with Crippen molar-refractivity contribution in [2.75, 3.05) is 29.9 Å². The zero-order valence-electron chi connectivity index (χ0n) is 29.3. The number of anilines is 2. The number of carbonyl (C=O) groups excluding carboxylic acids is 3. The molecule has 3 amide bonds. The van der Waals surface area contributed by atoms with E-state index in [0.29, 0.717) is 17.7 Å². The molecule has 0 fully saturated rings. The van der Waals surface area contributed by atoms with Gasteiger partial charge in [-0.25, -0.2) is 12.8 Å². The molecule has 0 radical (unpaired) electrons. The van der Waals surface area contributed by atoms with Crippen molar-refractivity contribution in [3.05, 3.63) is 131 Å². The molecule has 0 heterocycles. The van der Waals surface area contributed by atoms with Crippen LogP contribution in [0.15, 0.2) is 97.1 Å². The third kappa shape index (κ3) is 11.1. The Morgan fingerprint density at radius 2 is 1.29 bits per heavy atom. The monoisotopic (exact) mass is 716 g/mol. The van der Waals surface area contributed by atoms with Crippen LogP contribution in [0.2, 0.25) is 0 Å². The molecule has 0 spiro atoms. The first-order valence-corrected chi connectivity index (χ1v) is 18.3. The van der Waals surface area contributed by atoms with Crippen LogP contribution in [0.25, 0.3) is 0 Å². The van der Waals surface area contributed by atoms with Gasteiger partial charge < -0.3 is 27.0 Å². The van der Waals surface area contributed by atoms with Crippen LogP contribution in [0, 0.1) is 5.82 Å². The highest BCUT2D eigenvalue weighted by Gasteiger charge is 2.23. The lowest BCUT2D eigenvalue weighted by molar-refractivity contribution is -0.123. The van der Waals surface area contributed by atoms with Gasteiger partial charge in [0.1, 0.15) is 5.82 Å². The summed E-state index contributed by atoms with van der Waals surface area (Å²) in [4.78, 5) is 40.4. The fraction of sp³-hybridized carbons (Fsp3) is 0.289. The largest absolute Gasteiger partial charge is 0.399 e. The van der Waals surface area contributed by atoms with Crippen LogP contribution in [0.5, 0.6) is 0 Å². The number of halogens is 1. The number of hydrogen-bond acceptors (Lipinski definition) is 7. The molecular formula is C38H45FN6O5S. The van der Waals surface area contributed by atoms with Gasteiger partial charge in [-0.05, 0) is 86.3 Å². The van der Waals surface area contributed by atoms with Gasteiger partial charge in [-0.1, -0.05) is 54.6 Å². The van der Waals surface area contributed by atoms with Crippen LogP contribution in [0.1, 0.15) is 70.3 Å². The van der Waals surface area contributed by atoms with Crippen LogP contribution in [0.3, 0.4) is 0 Å². The smallest absolute Gasteiger partial charge is 0.251 e. The van der Waals surface area contributed by atoms with Crippen molar-refractivity contribution in [1.29, 1.82) is 0 Å². The molecule has 4 atom stereocenters. The first-order valence-electron chi connectivity index (χ1n) is 16.5. The average molecular weight is 717 g/mol. The Bertz CT molecular complexity index is 1920. The lowest BCUT2D eigenvalue weighted by atomic mass is 10.0. The van der Waals surface area contributed by atoms with Gasteiger partial charge >= 0.3 is 0 Å². The maximum absolute atomic E-state index is 13.9. The summed E-state index contributed by atoms with van der Waals surface area (Å²) in [6.07, 6.45) is 1.44. The molecule has 0 bridgehead atoms. The summed E-state index contributed by atoms with van der Waals surface area (Å²) in [5.41, 5.74) is 9.15. The molecular weight excluding hydrogens is 672 g/mol. The van der Waals surface area contributed by atoms with E-state index in [-0.39, 0.29) is 35.3 Å². The van der Waals surface area contributed by atoms with Crippen molar-refractivity contribution in [3.8, 4) is 0 Å². The molecule has 1 unspecified atom stereocenters. The van der Waals surface area contributed by atoms with E-state index in [9.17, 15) is 27.2 Å². The summed E-state index contributed by atoms with van der Waals surface area (Å²) in [7, 11) is -2.42. The minimum absolute atomic E-state index is 0.0559. The van der Waals surface area contributed by atoms with Crippen molar-refractivity contribution >= 4 is 39.1 Å². The fourth-order valence-electron chi connectivity index (χ4n) is 5.32. The van der Waals surface area contributed by atoms with Gasteiger partial charge in [-0.3, -0.25) is 18.7 Å². The van der Waals surface area contributed by atoms with Gasteiger partial charge in [0.2, 0.25) is 15.9 Å². The van der Waals surface area contributed by atoms with Crippen molar-refractivity contribution in [2.45, 2.75) is 51.4 Å². The maximum atomic E-state index is 13.9. The number of nitrogens with two attached hydrogens (primary N) is 1. The average Bonchev–Trinajstić information content (AvgIpc) is 3.10. The molecule has 0 saturated carbocycles. The second-order valence-corrected chi connectivity index (χ2v) is 14.6. The molecule has 51 heavy (non-hydrogen) atoms. The highest BCUT2D eigenvalue weighted by Crippen LogP contribution is 2.22. The van der Waals surface area contributed by atoms with Gasteiger partial charge in [0.25, 0.3) is 11.8 Å². The summed E-state index contributed by atoms with van der Waals surface area (Å²) in [5, 5.41) is 12.1. The molecule has 270 valence electrons. The standard InChI is InChI=1S/C38H45FN6O5S/c1-24(29-13-17-33(40)18-14-29)42-36(46)26(3)41-23-34(19-27-9-7-6-8-10-27)44-38(48)31-20-30(21-35(22-31)45(4)51(5,49)50)37(47)43-25(2)28-11-15-32(39)16-12-28/h6-18,20-22,24-26,34,41H,19,23,40H2,1-5H3,(H,42,46)(H,43,47)(H,44,48)/t24-,25-,26?,34+/m1/s1. The fourth-order valence-corrected chi connectivity index (χ4v) is 5.81. The number of sulfonamides is 1. The zero-order chi connectivity index (χ0) is 37.3. The number of nitrogens with one attached hydrogen (secondary N) is 4. The van der Waals surface area contributed by atoms with E-state index in [2.05, 4.69) is 21.3 Å². The minimum Gasteiger partial charge on any atom is -0.399 e. The Morgan fingerprint density at radius 3 is 1.86 bits per heavy atom. The minimum atomic E-state index is -3.75. The number of hydrogen-bond donors (Lipinski definition) is 5. The van der Waals surface area contributed by atoms with Crippen molar-refractivity contribution in [1.82, 2.24) is 21.3 Å². The molecule has 0 aliphatic carbocycles. The molecule has 0 saturated heterocycles. The van der Waals surface area contributed by atoms with E-state index in [1.807, 2.05) is 49.4 Å². The number of amides is 3. The van der Waals surface area contributed by atoms with Crippen LogP contribution in [-0.4, -0.2) is 58.1 Å². The SMILES string of the molecule is CC(NC[C@H](Cc1ccccc1)NC(=O)c1cc(C(=O)N[C@H](C)c2ccc(F)cc2)cc(N(C)S(C)(=O)=O)c1)C(=O)N[C@H](C)c1ccc(N)cc1. The van der Waals surface area contributed by atoms with Gasteiger partial charge in [0.15, 0.2) is 0 Å². The molecule has 4 aromatic carbocycles. The van der Waals surface area contributed by atoms with E-state index in [0.717, 1.165) is 21.7 Å². The Balaban J connectivity index is 1.54. The van der Waals surface area contributed by atoms with Gasteiger partial charge in [0.05, 0.1) is 30.1 Å². The number of nitrogen functional groups attached to an aromatic ring is 1. The Hall–Kier alpha value is -5.27. The van der Waals surface area contributed by atoms with Gasteiger partial charge in [-0.2, -0.15) is 0 Å². The van der Waals surface area contributed by atoms with Crippen molar-refractivity contribution < 1.29 is 27.2 Å². The molecule has 11 nitrogen and oxygen atoms in total. The van der Waals surface area contributed by atoms with E-state index in [1.54, 1.807) is 38.1 Å². The zero-order valence-corrected chi connectivity index (χ0v) is 30.1. The summed E-state index contributed by atoms with van der Waals surface area (Å²) in [5.74, 6) is -1.74. The molecule has 0 aliphatic rings. The molecule has 13 heteroatoms. The van der Waals surface area contributed by atoms with Crippen LogP contribution in [0.4, 0.5) is 15.8 Å². The number of nitrogens with zero attached hydrogens (tertiary/aromatic N) is 1. The molecule has 0 aromatic heterocycles. The highest BCUT2D eigenvalue weighted by atomic mass is 32.2. The molecule has 4 aromatic rings. The lowest BCUT2D eigenvalue weighted by Gasteiger charge is -2.24. The van der Waals surface area contributed by atoms with Crippen LogP contribution in [-0.2, 0) is 21.2 Å². The highest BCUT2D eigenvalue weighted by molar-refractivity contribution is 7.92. The first-order chi connectivity index (χ1) is 24.1. The second kappa shape index (κ2) is 17.1. The van der Waals surface area contributed by atoms with Crippen molar-refractivity contribution in [2.24, 2.45) is 0 Å². The predicted molar refractivity (Wildman–Crippen MR) is 198 cm³/mol. The summed E-state index contributed by atoms with van der Waals surface area (Å²) >= 11 is 0. The molecule has 0 aliphatic heterocycles. The van der Waals surface area contributed by atoms with Crippen LogP contribution < -0.4 is 31.3 Å². The van der Waals surface area contributed by atoms with Gasteiger partial charge in [0, 0.05) is 36.4 Å². The number of rotatable bonds is 15. The van der Waals surface area contributed by atoms with E-state index >= 15 is 0 Å². The van der Waals surface area contributed by atoms with E-state index in [4.69, 9.17) is 5.73 Å². The number of benzene rings is 4. The topological polar surface area (TPSA) is 163 Å². The Labute approximate surface area is 298 Å². The summed E-state index contributed by atoms with van der Waals surface area (Å²) in [6.45, 7) is 5.56. The van der Waals surface area contributed by atoms with E-state index < -0.39 is 45.8 Å². The summed E-state index contributed by atoms with van der Waals surface area (Å²) < 4.78 is 39.4. The first kappa shape index (κ1) is 38.5. The van der Waals surface area contributed by atoms with Crippen LogP contribution >= 0.6 is 0 Å². The normalized spacial score (nSPS) is 13.7. The number of carbonyl (C=O) groups is 3. The molecule has 6 N–H and O–H groups in total. The van der Waals surface area contributed by atoms with Crippen molar-refractivity contribution in [3.63, 3.8) is 0 Å². The summed E-state index contributed by atoms with van der Waals surface area (Å²) in [6, 6.07) is 24.8. The predicted octanol–water partition coefficient (Wildman–Crippen LogP) is 4.49. The molecule has 4 rings (SSSR count). The lowest BCUT2D eigenvalue weighted by Crippen LogP contribution is -2.49. The Morgan fingerprint density at radius 1 is 0.765 bits per heavy atom. The quantitative estimate of drug-likeness (QED) is 0.113.